The van der Waals surface area contributed by atoms with Crippen molar-refractivity contribution < 1.29 is 19.1 Å². The van der Waals surface area contributed by atoms with Gasteiger partial charge in [0.05, 0.1) is 18.2 Å². The van der Waals surface area contributed by atoms with Gasteiger partial charge in [-0.2, -0.15) is 0 Å². The highest BCUT2D eigenvalue weighted by Gasteiger charge is 2.35. The number of halogens is 1. The topological polar surface area (TPSA) is 55.8 Å². The Balaban J connectivity index is 2.32. The standard InChI is InChI=1S/C17H22ClNO4/c1-5-22-15(20)12-8-11-9-13(18)6-7-14(11)19(10-12)16(21)23-17(2,3)4/h6-7,9,12H,5,8,10H2,1-4H3. The molecule has 0 spiro atoms. The minimum atomic E-state index is -0.611. The Hall–Kier alpha value is -1.75. The molecule has 1 aromatic carbocycles. The zero-order valence-electron chi connectivity index (χ0n) is 13.9. The molecule has 0 aromatic heterocycles. The summed E-state index contributed by atoms with van der Waals surface area (Å²) in [5, 5.41) is 0.567. The number of carbonyl (C=O) groups excluding carboxylic acids is 2. The van der Waals surface area contributed by atoms with Gasteiger partial charge in [0, 0.05) is 11.6 Å². The molecule has 1 aliphatic heterocycles. The van der Waals surface area contributed by atoms with Crippen LogP contribution in [0.4, 0.5) is 10.5 Å². The van der Waals surface area contributed by atoms with Crippen LogP contribution in [0.5, 0.6) is 0 Å². The number of hydrogen-bond acceptors (Lipinski definition) is 4. The second kappa shape index (κ2) is 6.79. The number of nitrogens with zero attached hydrogens (tertiary/aromatic N) is 1. The first-order valence-electron chi connectivity index (χ1n) is 7.67. The molecule has 1 aromatic rings. The molecule has 0 N–H and O–H groups in total. The molecular formula is C17H22ClNO4. The Morgan fingerprint density at radius 2 is 2.04 bits per heavy atom. The summed E-state index contributed by atoms with van der Waals surface area (Å²) in [5.74, 6) is -0.736. The van der Waals surface area contributed by atoms with E-state index in [2.05, 4.69) is 0 Å². The van der Waals surface area contributed by atoms with Crippen molar-refractivity contribution >= 4 is 29.4 Å². The van der Waals surface area contributed by atoms with E-state index in [-0.39, 0.29) is 12.5 Å². The van der Waals surface area contributed by atoms with Crippen molar-refractivity contribution in [3.63, 3.8) is 0 Å². The van der Waals surface area contributed by atoms with Crippen LogP contribution in [-0.4, -0.2) is 30.8 Å². The maximum Gasteiger partial charge on any atom is 0.414 e. The molecule has 23 heavy (non-hydrogen) atoms. The van der Waals surface area contributed by atoms with Crippen LogP contribution < -0.4 is 4.90 Å². The Bertz CT molecular complexity index is 609. The molecular weight excluding hydrogens is 318 g/mol. The molecule has 126 valence electrons. The molecule has 0 fully saturated rings. The molecule has 1 heterocycles. The van der Waals surface area contributed by atoms with Crippen molar-refractivity contribution in [1.82, 2.24) is 0 Å². The van der Waals surface area contributed by atoms with Gasteiger partial charge in [0.1, 0.15) is 5.60 Å². The van der Waals surface area contributed by atoms with E-state index < -0.39 is 17.6 Å². The van der Waals surface area contributed by atoms with Crippen LogP contribution in [0.2, 0.25) is 5.02 Å². The SMILES string of the molecule is CCOC(=O)C1Cc2cc(Cl)ccc2N(C(=O)OC(C)(C)C)C1. The highest BCUT2D eigenvalue weighted by molar-refractivity contribution is 6.30. The number of carbonyl (C=O) groups is 2. The van der Waals surface area contributed by atoms with Gasteiger partial charge in [0.15, 0.2) is 0 Å². The van der Waals surface area contributed by atoms with E-state index in [9.17, 15) is 9.59 Å². The van der Waals surface area contributed by atoms with Crippen LogP contribution >= 0.6 is 11.6 Å². The second-order valence-electron chi connectivity index (χ2n) is 6.52. The molecule has 1 atom stereocenters. The van der Waals surface area contributed by atoms with Gasteiger partial charge in [-0.25, -0.2) is 4.79 Å². The second-order valence-corrected chi connectivity index (χ2v) is 6.95. The third-order valence-corrected chi connectivity index (χ3v) is 3.67. The van der Waals surface area contributed by atoms with Crippen LogP contribution in [0.1, 0.15) is 33.3 Å². The predicted molar refractivity (Wildman–Crippen MR) is 88.9 cm³/mol. The summed E-state index contributed by atoms with van der Waals surface area (Å²) in [4.78, 5) is 26.1. The molecule has 1 aliphatic rings. The summed E-state index contributed by atoms with van der Waals surface area (Å²) in [6.07, 6.45) is 0.0173. The predicted octanol–water partition coefficient (Wildman–Crippen LogP) is 3.82. The maximum atomic E-state index is 12.5. The van der Waals surface area contributed by atoms with E-state index in [1.165, 1.54) is 4.90 Å². The van der Waals surface area contributed by atoms with E-state index in [1.807, 2.05) is 0 Å². The first-order valence-corrected chi connectivity index (χ1v) is 8.04. The normalized spacial score (nSPS) is 17.4. The smallest absolute Gasteiger partial charge is 0.414 e. The van der Waals surface area contributed by atoms with Crippen molar-refractivity contribution in [3.8, 4) is 0 Å². The largest absolute Gasteiger partial charge is 0.466 e. The molecule has 6 heteroatoms. The van der Waals surface area contributed by atoms with Crippen LogP contribution in [0.15, 0.2) is 18.2 Å². The van der Waals surface area contributed by atoms with Crippen molar-refractivity contribution in [2.45, 2.75) is 39.7 Å². The number of anilines is 1. The lowest BCUT2D eigenvalue weighted by molar-refractivity contribution is -0.147. The summed E-state index contributed by atoms with van der Waals surface area (Å²) in [6.45, 7) is 7.73. The Labute approximate surface area is 141 Å². The molecule has 0 radical (unpaired) electrons. The molecule has 1 unspecified atom stereocenters. The van der Waals surface area contributed by atoms with Gasteiger partial charge >= 0.3 is 12.1 Å². The number of ether oxygens (including phenoxy) is 2. The van der Waals surface area contributed by atoms with E-state index in [1.54, 1.807) is 45.9 Å². The number of rotatable bonds is 2. The van der Waals surface area contributed by atoms with Crippen molar-refractivity contribution in [3.05, 3.63) is 28.8 Å². The fourth-order valence-corrected chi connectivity index (χ4v) is 2.73. The summed E-state index contributed by atoms with van der Waals surface area (Å²) >= 11 is 6.05. The summed E-state index contributed by atoms with van der Waals surface area (Å²) in [5.41, 5.74) is 0.956. The highest BCUT2D eigenvalue weighted by atomic mass is 35.5. The van der Waals surface area contributed by atoms with Gasteiger partial charge in [0.2, 0.25) is 0 Å². The average molecular weight is 340 g/mol. The first-order chi connectivity index (χ1) is 10.7. The van der Waals surface area contributed by atoms with Gasteiger partial charge in [-0.1, -0.05) is 11.6 Å². The van der Waals surface area contributed by atoms with Crippen molar-refractivity contribution in [2.24, 2.45) is 5.92 Å². The van der Waals surface area contributed by atoms with Crippen LogP contribution in [0, 0.1) is 5.92 Å². The number of amides is 1. The average Bonchev–Trinajstić information content (AvgIpc) is 2.44. The minimum absolute atomic E-state index is 0.238. The van der Waals surface area contributed by atoms with E-state index in [4.69, 9.17) is 21.1 Å². The molecule has 1 amide bonds. The van der Waals surface area contributed by atoms with E-state index in [0.29, 0.717) is 18.1 Å². The monoisotopic (exact) mass is 339 g/mol. The van der Waals surface area contributed by atoms with Gasteiger partial charge in [-0.3, -0.25) is 9.69 Å². The molecule has 0 bridgehead atoms. The number of benzene rings is 1. The zero-order valence-corrected chi connectivity index (χ0v) is 14.6. The summed E-state index contributed by atoms with van der Waals surface area (Å²) in [6, 6.07) is 5.28. The van der Waals surface area contributed by atoms with Gasteiger partial charge in [-0.15, -0.1) is 0 Å². The zero-order chi connectivity index (χ0) is 17.2. The Kier molecular flexibility index (Phi) is 5.19. The number of esters is 1. The van der Waals surface area contributed by atoms with E-state index in [0.717, 1.165) is 11.3 Å². The van der Waals surface area contributed by atoms with Crippen LogP contribution in [0.25, 0.3) is 0 Å². The van der Waals surface area contributed by atoms with Gasteiger partial charge in [-0.05, 0) is 57.9 Å². The molecule has 0 saturated heterocycles. The van der Waals surface area contributed by atoms with Crippen LogP contribution in [-0.2, 0) is 20.7 Å². The number of fused-ring (bicyclic) bond motifs is 1. The fourth-order valence-electron chi connectivity index (χ4n) is 2.54. The fraction of sp³-hybridized carbons (Fsp3) is 0.529. The van der Waals surface area contributed by atoms with Crippen LogP contribution in [0.3, 0.4) is 0 Å². The minimum Gasteiger partial charge on any atom is -0.466 e. The molecule has 5 nitrogen and oxygen atoms in total. The van der Waals surface area contributed by atoms with Gasteiger partial charge < -0.3 is 9.47 Å². The lowest BCUT2D eigenvalue weighted by atomic mass is 9.92. The molecule has 0 aliphatic carbocycles. The van der Waals surface area contributed by atoms with Crippen molar-refractivity contribution in [2.75, 3.05) is 18.1 Å². The highest BCUT2D eigenvalue weighted by Crippen LogP contribution is 2.33. The Morgan fingerprint density at radius 3 is 2.65 bits per heavy atom. The lowest BCUT2D eigenvalue weighted by Crippen LogP contribution is -2.45. The summed E-state index contributed by atoms with van der Waals surface area (Å²) < 4.78 is 10.6. The molecule has 0 saturated carbocycles. The van der Waals surface area contributed by atoms with Gasteiger partial charge in [0.25, 0.3) is 0 Å². The summed E-state index contributed by atoms with van der Waals surface area (Å²) in [7, 11) is 0. The quantitative estimate of drug-likeness (QED) is 0.769. The maximum absolute atomic E-state index is 12.5. The van der Waals surface area contributed by atoms with E-state index >= 15 is 0 Å². The Morgan fingerprint density at radius 1 is 1.35 bits per heavy atom. The van der Waals surface area contributed by atoms with Crippen molar-refractivity contribution in [1.29, 1.82) is 0 Å². The molecule has 2 rings (SSSR count). The number of hydrogen-bond donors (Lipinski definition) is 0. The first kappa shape index (κ1) is 17.6. The third-order valence-electron chi connectivity index (χ3n) is 3.44. The third kappa shape index (κ3) is 4.38. The lowest BCUT2D eigenvalue weighted by Gasteiger charge is -2.34.